The van der Waals surface area contributed by atoms with Gasteiger partial charge in [0.1, 0.15) is 17.3 Å². The normalized spacial score (nSPS) is 11.1. The van der Waals surface area contributed by atoms with Crippen LogP contribution in [0.3, 0.4) is 0 Å². The van der Waals surface area contributed by atoms with Gasteiger partial charge in [0.05, 0.1) is 4.47 Å². The molecule has 0 aliphatic heterocycles. The van der Waals surface area contributed by atoms with Gasteiger partial charge in [-0.1, -0.05) is 0 Å². The van der Waals surface area contributed by atoms with Gasteiger partial charge in [-0.25, -0.2) is 9.37 Å². The Labute approximate surface area is 118 Å². The lowest BCUT2D eigenvalue weighted by Gasteiger charge is -2.02. The minimum atomic E-state index is -0.229. The van der Waals surface area contributed by atoms with E-state index in [-0.39, 0.29) is 5.82 Å². The van der Waals surface area contributed by atoms with Crippen LogP contribution in [0.2, 0.25) is 0 Å². The van der Waals surface area contributed by atoms with Crippen LogP contribution in [0, 0.1) is 12.7 Å². The van der Waals surface area contributed by atoms with Gasteiger partial charge in [0.15, 0.2) is 5.65 Å². The highest BCUT2D eigenvalue weighted by Gasteiger charge is 2.13. The van der Waals surface area contributed by atoms with Crippen molar-refractivity contribution in [1.29, 1.82) is 0 Å². The van der Waals surface area contributed by atoms with Gasteiger partial charge in [0.2, 0.25) is 0 Å². The maximum Gasteiger partial charge on any atom is 0.153 e. The van der Waals surface area contributed by atoms with Crippen LogP contribution in [0.25, 0.3) is 16.9 Å². The molecule has 0 radical (unpaired) electrons. The predicted molar refractivity (Wildman–Crippen MR) is 77.4 cm³/mol. The predicted octanol–water partition coefficient (Wildman–Crippen LogP) is 3.79. The Morgan fingerprint density at radius 2 is 2.11 bits per heavy atom. The van der Waals surface area contributed by atoms with Gasteiger partial charge in [0, 0.05) is 11.8 Å². The highest BCUT2D eigenvalue weighted by atomic mass is 79.9. The zero-order valence-electron chi connectivity index (χ0n) is 10.2. The first-order valence-electron chi connectivity index (χ1n) is 5.76. The summed E-state index contributed by atoms with van der Waals surface area (Å²) >= 11 is 3.44. The van der Waals surface area contributed by atoms with Crippen LogP contribution in [0.5, 0.6) is 0 Å². The molecule has 0 spiro atoms. The molecular weight excluding hydrogens is 309 g/mol. The fourth-order valence-electron chi connectivity index (χ4n) is 2.06. The van der Waals surface area contributed by atoms with E-state index in [0.717, 1.165) is 15.7 Å². The number of fused-ring (bicyclic) bond motifs is 1. The summed E-state index contributed by atoms with van der Waals surface area (Å²) in [6.07, 6.45) is 1.85. The Kier molecular flexibility index (Phi) is 2.78. The summed E-state index contributed by atoms with van der Waals surface area (Å²) in [6, 6.07) is 8.66. The van der Waals surface area contributed by atoms with Gasteiger partial charge >= 0.3 is 0 Å². The van der Waals surface area contributed by atoms with Crippen molar-refractivity contribution in [2.45, 2.75) is 6.92 Å². The molecule has 2 heterocycles. The first kappa shape index (κ1) is 12.2. The molecule has 0 atom stereocenters. The number of nitrogen functional groups attached to an aromatic ring is 1. The average Bonchev–Trinajstić information content (AvgIpc) is 2.72. The number of rotatable bonds is 1. The van der Waals surface area contributed by atoms with Gasteiger partial charge in [0.25, 0.3) is 0 Å². The lowest BCUT2D eigenvalue weighted by molar-refractivity contribution is 0.619. The number of nitrogens with zero attached hydrogens (tertiary/aromatic N) is 2. The summed E-state index contributed by atoms with van der Waals surface area (Å²) in [7, 11) is 0. The summed E-state index contributed by atoms with van der Waals surface area (Å²) in [5, 5.41) is 0. The second kappa shape index (κ2) is 4.35. The zero-order valence-corrected chi connectivity index (χ0v) is 11.8. The number of imidazole rings is 1. The van der Waals surface area contributed by atoms with E-state index in [1.54, 1.807) is 23.5 Å². The third-order valence-electron chi connectivity index (χ3n) is 3.07. The van der Waals surface area contributed by atoms with Crippen molar-refractivity contribution in [3.05, 3.63) is 52.4 Å². The smallest absolute Gasteiger partial charge is 0.153 e. The number of hydrogen-bond acceptors (Lipinski definition) is 2. The molecule has 3 aromatic rings. The fourth-order valence-corrected chi connectivity index (χ4v) is 2.49. The maximum absolute atomic E-state index is 13.3. The molecule has 96 valence electrons. The molecule has 5 heteroatoms. The Morgan fingerprint density at radius 3 is 2.79 bits per heavy atom. The van der Waals surface area contributed by atoms with Gasteiger partial charge in [-0.3, -0.25) is 4.40 Å². The number of anilines is 1. The van der Waals surface area contributed by atoms with Crippen molar-refractivity contribution in [2.24, 2.45) is 0 Å². The monoisotopic (exact) mass is 319 g/mol. The SMILES string of the molecule is Cc1cc(-c2nc3c(Br)cccn3c2N)ccc1F. The number of aromatic nitrogens is 2. The first-order chi connectivity index (χ1) is 9.08. The van der Waals surface area contributed by atoms with E-state index in [1.807, 2.05) is 18.3 Å². The molecule has 0 fully saturated rings. The molecule has 2 aromatic heterocycles. The molecule has 0 saturated carbocycles. The van der Waals surface area contributed by atoms with E-state index in [0.29, 0.717) is 17.1 Å². The van der Waals surface area contributed by atoms with Crippen molar-refractivity contribution in [1.82, 2.24) is 9.38 Å². The van der Waals surface area contributed by atoms with Crippen LogP contribution in [-0.2, 0) is 0 Å². The van der Waals surface area contributed by atoms with Crippen LogP contribution in [-0.4, -0.2) is 9.38 Å². The second-order valence-corrected chi connectivity index (χ2v) is 5.21. The Bertz CT molecular complexity index is 780. The quantitative estimate of drug-likeness (QED) is 0.741. The van der Waals surface area contributed by atoms with Crippen LogP contribution in [0.15, 0.2) is 41.0 Å². The molecule has 3 rings (SSSR count). The van der Waals surface area contributed by atoms with Gasteiger partial charge in [-0.15, -0.1) is 0 Å². The summed E-state index contributed by atoms with van der Waals surface area (Å²) < 4.78 is 16.0. The van der Waals surface area contributed by atoms with Crippen LogP contribution >= 0.6 is 15.9 Å². The van der Waals surface area contributed by atoms with E-state index >= 15 is 0 Å². The number of benzene rings is 1. The first-order valence-corrected chi connectivity index (χ1v) is 6.56. The Hall–Kier alpha value is -1.88. The molecule has 0 aliphatic rings. The minimum Gasteiger partial charge on any atom is -0.383 e. The van der Waals surface area contributed by atoms with Crippen molar-refractivity contribution < 1.29 is 4.39 Å². The standard InChI is InChI=1S/C14H11BrFN3/c1-8-7-9(4-5-11(8)16)12-13(17)19-6-2-3-10(15)14(19)18-12/h2-7H,17H2,1H3. The number of halogens is 2. The third kappa shape index (κ3) is 1.90. The van der Waals surface area contributed by atoms with Gasteiger partial charge in [-0.2, -0.15) is 0 Å². The second-order valence-electron chi connectivity index (χ2n) is 4.36. The van der Waals surface area contributed by atoms with Gasteiger partial charge < -0.3 is 5.73 Å². The summed E-state index contributed by atoms with van der Waals surface area (Å²) in [5.74, 6) is 0.314. The number of pyridine rings is 1. The number of aryl methyl sites for hydroxylation is 1. The molecular formula is C14H11BrFN3. The van der Waals surface area contributed by atoms with Crippen molar-refractivity contribution >= 4 is 27.4 Å². The zero-order chi connectivity index (χ0) is 13.6. The highest BCUT2D eigenvalue weighted by molar-refractivity contribution is 9.10. The largest absolute Gasteiger partial charge is 0.383 e. The lowest BCUT2D eigenvalue weighted by Crippen LogP contribution is -1.94. The van der Waals surface area contributed by atoms with Crippen molar-refractivity contribution in [2.75, 3.05) is 5.73 Å². The average molecular weight is 320 g/mol. The third-order valence-corrected chi connectivity index (χ3v) is 3.69. The minimum absolute atomic E-state index is 0.229. The number of hydrogen-bond donors (Lipinski definition) is 1. The fraction of sp³-hybridized carbons (Fsp3) is 0.0714. The molecule has 0 saturated heterocycles. The molecule has 2 N–H and O–H groups in total. The van der Waals surface area contributed by atoms with Crippen molar-refractivity contribution in [3.8, 4) is 11.3 Å². The molecule has 0 amide bonds. The van der Waals surface area contributed by atoms with E-state index in [1.165, 1.54) is 6.07 Å². The van der Waals surface area contributed by atoms with Crippen LogP contribution in [0.1, 0.15) is 5.56 Å². The maximum atomic E-state index is 13.3. The Balaban J connectivity index is 2.28. The Morgan fingerprint density at radius 1 is 1.32 bits per heavy atom. The highest BCUT2D eigenvalue weighted by Crippen LogP contribution is 2.30. The van der Waals surface area contributed by atoms with E-state index in [9.17, 15) is 4.39 Å². The summed E-state index contributed by atoms with van der Waals surface area (Å²) in [6.45, 7) is 1.72. The van der Waals surface area contributed by atoms with Gasteiger partial charge in [-0.05, 0) is 58.7 Å². The molecule has 0 unspecified atom stereocenters. The molecule has 3 nitrogen and oxygen atoms in total. The molecule has 1 aromatic carbocycles. The molecule has 0 bridgehead atoms. The van der Waals surface area contributed by atoms with E-state index in [2.05, 4.69) is 20.9 Å². The van der Waals surface area contributed by atoms with E-state index in [4.69, 9.17) is 5.73 Å². The number of nitrogens with two attached hydrogens (primary N) is 1. The lowest BCUT2D eigenvalue weighted by atomic mass is 10.1. The van der Waals surface area contributed by atoms with Crippen molar-refractivity contribution in [3.63, 3.8) is 0 Å². The van der Waals surface area contributed by atoms with Crippen LogP contribution < -0.4 is 5.73 Å². The molecule has 19 heavy (non-hydrogen) atoms. The summed E-state index contributed by atoms with van der Waals surface area (Å²) in [4.78, 5) is 4.52. The van der Waals surface area contributed by atoms with Crippen LogP contribution in [0.4, 0.5) is 10.2 Å². The summed E-state index contributed by atoms with van der Waals surface area (Å²) in [5.41, 5.74) is 8.91. The molecule has 0 aliphatic carbocycles. The topological polar surface area (TPSA) is 43.3 Å². The van der Waals surface area contributed by atoms with E-state index < -0.39 is 0 Å².